The van der Waals surface area contributed by atoms with Gasteiger partial charge < -0.3 is 14.4 Å². The summed E-state index contributed by atoms with van der Waals surface area (Å²) in [6.07, 6.45) is 2.16. The summed E-state index contributed by atoms with van der Waals surface area (Å²) in [4.78, 5) is 0. The third-order valence-electron chi connectivity index (χ3n) is 3.76. The van der Waals surface area contributed by atoms with Crippen LogP contribution in [0.1, 0.15) is 18.1 Å². The quantitative estimate of drug-likeness (QED) is 0.775. The lowest BCUT2D eigenvalue weighted by Gasteiger charge is -2.06. The molecule has 1 heterocycles. The highest BCUT2D eigenvalue weighted by molar-refractivity contribution is 5.87. The maximum Gasteiger partial charge on any atom is 0.120 e. The minimum Gasteiger partial charge on any atom is -0.508 e. The van der Waals surface area contributed by atoms with Crippen molar-refractivity contribution in [2.75, 3.05) is 0 Å². The van der Waals surface area contributed by atoms with E-state index in [9.17, 15) is 5.11 Å². The highest BCUT2D eigenvalue weighted by Gasteiger charge is 2.10. The fourth-order valence-electron chi connectivity index (χ4n) is 2.71. The van der Waals surface area contributed by atoms with Gasteiger partial charge in [-0.15, -0.1) is 0 Å². The summed E-state index contributed by atoms with van der Waals surface area (Å²) < 4.78 is 8.09. The lowest BCUT2D eigenvalue weighted by Crippen LogP contribution is -1.95. The molecule has 0 atom stereocenters. The van der Waals surface area contributed by atoms with Crippen LogP contribution in [0.25, 0.3) is 10.9 Å². The van der Waals surface area contributed by atoms with Crippen LogP contribution in [0.4, 0.5) is 0 Å². The first-order valence-electron chi connectivity index (χ1n) is 7.18. The first-order valence-corrected chi connectivity index (χ1v) is 7.18. The van der Waals surface area contributed by atoms with Crippen LogP contribution in [-0.4, -0.2) is 9.67 Å². The number of benzene rings is 2. The van der Waals surface area contributed by atoms with Crippen LogP contribution in [0, 0.1) is 6.92 Å². The SMILES string of the molecule is CCn1cc(COc2ccc(O)cc2)c2c(C)cccc21. The molecule has 2 aromatic carbocycles. The highest BCUT2D eigenvalue weighted by atomic mass is 16.5. The second-order valence-corrected chi connectivity index (χ2v) is 5.19. The third-order valence-corrected chi connectivity index (χ3v) is 3.76. The van der Waals surface area contributed by atoms with Crippen molar-refractivity contribution in [1.29, 1.82) is 0 Å². The van der Waals surface area contributed by atoms with Crippen molar-refractivity contribution < 1.29 is 9.84 Å². The number of hydrogen-bond donors (Lipinski definition) is 1. The molecule has 0 saturated carbocycles. The number of fused-ring (bicyclic) bond motifs is 1. The molecular formula is C18H19NO2. The van der Waals surface area contributed by atoms with Crippen LogP contribution in [-0.2, 0) is 13.2 Å². The Morgan fingerprint density at radius 1 is 1.10 bits per heavy atom. The van der Waals surface area contributed by atoms with Crippen molar-refractivity contribution in [3.8, 4) is 11.5 Å². The molecule has 0 fully saturated rings. The Labute approximate surface area is 124 Å². The zero-order valence-electron chi connectivity index (χ0n) is 12.3. The summed E-state index contributed by atoms with van der Waals surface area (Å²) >= 11 is 0. The lowest BCUT2D eigenvalue weighted by molar-refractivity contribution is 0.306. The van der Waals surface area contributed by atoms with Crippen LogP contribution in [0.15, 0.2) is 48.7 Å². The molecule has 0 aliphatic rings. The highest BCUT2D eigenvalue weighted by Crippen LogP contribution is 2.26. The van der Waals surface area contributed by atoms with E-state index in [2.05, 4.69) is 42.8 Å². The number of hydrogen-bond acceptors (Lipinski definition) is 2. The zero-order chi connectivity index (χ0) is 14.8. The molecule has 1 N–H and O–H groups in total. The Morgan fingerprint density at radius 3 is 2.57 bits per heavy atom. The van der Waals surface area contributed by atoms with Gasteiger partial charge in [0.15, 0.2) is 0 Å². The second-order valence-electron chi connectivity index (χ2n) is 5.19. The van der Waals surface area contributed by atoms with E-state index in [1.165, 1.54) is 22.0 Å². The average molecular weight is 281 g/mol. The van der Waals surface area contributed by atoms with Crippen molar-refractivity contribution in [3.63, 3.8) is 0 Å². The molecule has 21 heavy (non-hydrogen) atoms. The van der Waals surface area contributed by atoms with E-state index >= 15 is 0 Å². The topological polar surface area (TPSA) is 34.4 Å². The van der Waals surface area contributed by atoms with Gasteiger partial charge in [0.2, 0.25) is 0 Å². The Hall–Kier alpha value is -2.42. The number of aromatic hydroxyl groups is 1. The van der Waals surface area contributed by atoms with E-state index in [0.29, 0.717) is 6.61 Å². The maximum absolute atomic E-state index is 9.30. The predicted octanol–water partition coefficient (Wildman–Crippen LogP) is 4.25. The minimum atomic E-state index is 0.251. The van der Waals surface area contributed by atoms with E-state index in [4.69, 9.17) is 4.74 Å². The van der Waals surface area contributed by atoms with Gasteiger partial charge >= 0.3 is 0 Å². The second kappa shape index (κ2) is 5.52. The Bertz CT molecular complexity index is 757. The molecule has 3 nitrogen and oxygen atoms in total. The van der Waals surface area contributed by atoms with Crippen molar-refractivity contribution in [1.82, 2.24) is 4.57 Å². The van der Waals surface area contributed by atoms with Gasteiger partial charge in [0.1, 0.15) is 18.1 Å². The molecule has 0 bridgehead atoms. The van der Waals surface area contributed by atoms with Crippen molar-refractivity contribution >= 4 is 10.9 Å². The Morgan fingerprint density at radius 2 is 1.86 bits per heavy atom. The van der Waals surface area contributed by atoms with Gasteiger partial charge in [-0.1, -0.05) is 12.1 Å². The normalized spacial score (nSPS) is 11.0. The molecule has 3 rings (SSSR count). The van der Waals surface area contributed by atoms with Crippen LogP contribution in [0.5, 0.6) is 11.5 Å². The number of phenols is 1. The molecule has 0 radical (unpaired) electrons. The molecule has 0 amide bonds. The maximum atomic E-state index is 9.30. The predicted molar refractivity (Wildman–Crippen MR) is 84.8 cm³/mol. The van der Waals surface area contributed by atoms with Crippen molar-refractivity contribution in [2.45, 2.75) is 27.0 Å². The summed E-state index contributed by atoms with van der Waals surface area (Å²) in [6.45, 7) is 5.75. The summed E-state index contributed by atoms with van der Waals surface area (Å²) in [5, 5.41) is 10.6. The smallest absolute Gasteiger partial charge is 0.120 e. The van der Waals surface area contributed by atoms with Gasteiger partial charge in [-0.05, 0) is 49.7 Å². The van der Waals surface area contributed by atoms with Crippen LogP contribution >= 0.6 is 0 Å². The monoisotopic (exact) mass is 281 g/mol. The number of ether oxygens (including phenoxy) is 1. The fraction of sp³-hybridized carbons (Fsp3) is 0.222. The summed E-state index contributed by atoms with van der Waals surface area (Å²) in [5.41, 5.74) is 3.71. The van der Waals surface area contributed by atoms with Gasteiger partial charge in [-0.25, -0.2) is 0 Å². The van der Waals surface area contributed by atoms with E-state index in [0.717, 1.165) is 12.3 Å². The van der Waals surface area contributed by atoms with E-state index in [-0.39, 0.29) is 5.75 Å². The van der Waals surface area contributed by atoms with Gasteiger partial charge in [0, 0.05) is 29.2 Å². The molecule has 0 aliphatic heterocycles. The first kappa shape index (κ1) is 13.6. The average Bonchev–Trinajstić information content (AvgIpc) is 2.86. The molecule has 3 heteroatoms. The molecule has 3 aromatic rings. The standard InChI is InChI=1S/C18H19NO2/c1-3-19-11-14(18-13(2)5-4-6-17(18)19)12-21-16-9-7-15(20)8-10-16/h4-11,20H,3,12H2,1-2H3. The summed E-state index contributed by atoms with van der Waals surface area (Å²) in [6, 6.07) is 13.2. The van der Waals surface area contributed by atoms with Gasteiger partial charge in [0.05, 0.1) is 0 Å². The minimum absolute atomic E-state index is 0.251. The third kappa shape index (κ3) is 2.59. The number of rotatable bonds is 4. The summed E-state index contributed by atoms with van der Waals surface area (Å²) in [7, 11) is 0. The molecular weight excluding hydrogens is 262 g/mol. The molecule has 108 valence electrons. The fourth-order valence-corrected chi connectivity index (χ4v) is 2.71. The van der Waals surface area contributed by atoms with Crippen molar-refractivity contribution in [3.05, 3.63) is 59.8 Å². The Kier molecular flexibility index (Phi) is 3.57. The molecule has 0 unspecified atom stereocenters. The molecule has 0 aliphatic carbocycles. The number of nitrogens with zero attached hydrogens (tertiary/aromatic N) is 1. The molecule has 0 spiro atoms. The molecule has 1 aromatic heterocycles. The van der Waals surface area contributed by atoms with Gasteiger partial charge in [-0.2, -0.15) is 0 Å². The number of aromatic nitrogens is 1. The van der Waals surface area contributed by atoms with E-state index in [1.807, 2.05) is 0 Å². The lowest BCUT2D eigenvalue weighted by atomic mass is 10.1. The van der Waals surface area contributed by atoms with Gasteiger partial charge in [0.25, 0.3) is 0 Å². The van der Waals surface area contributed by atoms with E-state index in [1.54, 1.807) is 24.3 Å². The van der Waals surface area contributed by atoms with Crippen LogP contribution < -0.4 is 4.74 Å². The summed E-state index contributed by atoms with van der Waals surface area (Å²) in [5.74, 6) is 1.01. The molecule has 0 saturated heterocycles. The Balaban J connectivity index is 1.91. The van der Waals surface area contributed by atoms with Gasteiger partial charge in [-0.3, -0.25) is 0 Å². The number of phenolic OH excluding ortho intramolecular Hbond substituents is 1. The van der Waals surface area contributed by atoms with Crippen LogP contribution in [0.2, 0.25) is 0 Å². The largest absolute Gasteiger partial charge is 0.508 e. The van der Waals surface area contributed by atoms with Crippen molar-refractivity contribution in [2.24, 2.45) is 0 Å². The zero-order valence-corrected chi connectivity index (χ0v) is 12.3. The first-order chi connectivity index (χ1) is 10.2. The van der Waals surface area contributed by atoms with Crippen LogP contribution in [0.3, 0.4) is 0 Å². The number of aryl methyl sites for hydroxylation is 2. The van der Waals surface area contributed by atoms with E-state index < -0.39 is 0 Å².